The van der Waals surface area contributed by atoms with Gasteiger partial charge in [0.05, 0.1) is 16.8 Å². The van der Waals surface area contributed by atoms with Gasteiger partial charge in [-0.1, -0.05) is 18.2 Å². The van der Waals surface area contributed by atoms with E-state index in [9.17, 15) is 9.59 Å². The Balaban J connectivity index is 1.49. The van der Waals surface area contributed by atoms with Gasteiger partial charge >= 0.3 is 0 Å². The van der Waals surface area contributed by atoms with Gasteiger partial charge in [-0.05, 0) is 23.9 Å². The monoisotopic (exact) mass is 340 g/mol. The number of benzene rings is 1. The van der Waals surface area contributed by atoms with Gasteiger partial charge in [0.1, 0.15) is 6.04 Å². The van der Waals surface area contributed by atoms with E-state index >= 15 is 0 Å². The molecule has 0 bridgehead atoms. The van der Waals surface area contributed by atoms with Crippen LogP contribution in [0.25, 0.3) is 10.1 Å². The lowest BCUT2D eigenvalue weighted by Gasteiger charge is -2.14. The summed E-state index contributed by atoms with van der Waals surface area (Å²) in [4.78, 5) is 27.3. The Morgan fingerprint density at radius 2 is 2.21 bits per heavy atom. The highest BCUT2D eigenvalue weighted by atomic mass is 32.1. The van der Waals surface area contributed by atoms with Crippen molar-refractivity contribution in [2.75, 3.05) is 11.4 Å². The van der Waals surface area contributed by atoms with Gasteiger partial charge in [0.2, 0.25) is 5.91 Å². The van der Waals surface area contributed by atoms with E-state index in [0.29, 0.717) is 17.8 Å². The number of nitrogens with one attached hydrogen (secondary N) is 1. The first kappa shape index (κ1) is 14.9. The van der Waals surface area contributed by atoms with Crippen molar-refractivity contribution in [3.05, 3.63) is 47.6 Å². The molecular formula is C17H16N4O2S. The lowest BCUT2D eigenvalue weighted by Crippen LogP contribution is -2.41. The Morgan fingerprint density at radius 3 is 2.96 bits per heavy atom. The fourth-order valence-corrected chi connectivity index (χ4v) is 3.91. The number of carbonyl (C=O) groups is 2. The van der Waals surface area contributed by atoms with Crippen LogP contribution in [0.3, 0.4) is 0 Å². The molecule has 0 aliphatic carbocycles. The molecule has 3 aromatic rings. The van der Waals surface area contributed by atoms with Crippen LogP contribution < -0.4 is 10.2 Å². The van der Waals surface area contributed by atoms with Crippen molar-refractivity contribution in [1.29, 1.82) is 0 Å². The Morgan fingerprint density at radius 1 is 1.38 bits per heavy atom. The highest BCUT2D eigenvalue weighted by molar-refractivity contribution is 7.20. The molecule has 0 saturated carbocycles. The number of thiophene rings is 1. The van der Waals surface area contributed by atoms with Gasteiger partial charge in [-0.15, -0.1) is 11.3 Å². The van der Waals surface area contributed by atoms with Crippen molar-refractivity contribution < 1.29 is 9.59 Å². The summed E-state index contributed by atoms with van der Waals surface area (Å²) in [5, 5.41) is 8.00. The molecule has 0 unspecified atom stereocenters. The first-order valence-electron chi connectivity index (χ1n) is 7.71. The number of carbonyl (C=O) groups excluding carboxylic acids is 2. The molecule has 1 N–H and O–H groups in total. The maximum absolute atomic E-state index is 12.5. The van der Waals surface area contributed by atoms with E-state index < -0.39 is 6.04 Å². The molecule has 24 heavy (non-hydrogen) atoms. The summed E-state index contributed by atoms with van der Waals surface area (Å²) in [5.41, 5.74) is 0.765. The minimum atomic E-state index is -0.483. The second-order valence-electron chi connectivity index (χ2n) is 5.83. The van der Waals surface area contributed by atoms with Crippen LogP contribution in [0.15, 0.2) is 42.7 Å². The van der Waals surface area contributed by atoms with Gasteiger partial charge in [-0.2, -0.15) is 5.10 Å². The molecule has 7 heteroatoms. The molecule has 1 aliphatic heterocycles. The quantitative estimate of drug-likeness (QED) is 0.794. The molecule has 1 fully saturated rings. The number of hydrogen-bond donors (Lipinski definition) is 1. The van der Waals surface area contributed by atoms with Gasteiger partial charge in [0.15, 0.2) is 0 Å². The Labute approximate surface area is 142 Å². The van der Waals surface area contributed by atoms with Crippen molar-refractivity contribution >= 4 is 38.9 Å². The van der Waals surface area contributed by atoms with E-state index in [2.05, 4.69) is 10.4 Å². The predicted octanol–water partition coefficient (Wildman–Crippen LogP) is 2.17. The van der Waals surface area contributed by atoms with Crippen LogP contribution in [0.4, 0.5) is 5.69 Å². The second kappa shape index (κ2) is 5.76. The minimum Gasteiger partial charge on any atom is -0.339 e. The van der Waals surface area contributed by atoms with Crippen LogP contribution in [0.2, 0.25) is 0 Å². The van der Waals surface area contributed by atoms with E-state index in [1.807, 2.05) is 37.4 Å². The average Bonchev–Trinajstić information content (AvgIpc) is 3.27. The van der Waals surface area contributed by atoms with E-state index in [1.165, 1.54) is 11.3 Å². The Kier molecular flexibility index (Phi) is 3.57. The summed E-state index contributed by atoms with van der Waals surface area (Å²) < 4.78 is 2.73. The van der Waals surface area contributed by atoms with Crippen molar-refractivity contribution in [2.24, 2.45) is 7.05 Å². The highest BCUT2D eigenvalue weighted by Gasteiger charge is 2.34. The predicted molar refractivity (Wildman–Crippen MR) is 93.3 cm³/mol. The molecule has 3 heterocycles. The highest BCUT2D eigenvalue weighted by Crippen LogP contribution is 2.26. The number of aromatic nitrogens is 2. The number of nitrogens with zero attached hydrogens (tertiary/aromatic N) is 3. The summed E-state index contributed by atoms with van der Waals surface area (Å²) in [6, 6.07) is 9.25. The maximum atomic E-state index is 12.5. The molecule has 1 aromatic carbocycles. The Bertz CT molecular complexity index is 896. The van der Waals surface area contributed by atoms with E-state index in [1.54, 1.807) is 22.0 Å². The summed E-state index contributed by atoms with van der Waals surface area (Å²) in [6.45, 7) is 0.585. The molecule has 0 radical (unpaired) electrons. The summed E-state index contributed by atoms with van der Waals surface area (Å²) in [6.07, 6.45) is 4.06. The molecule has 6 nitrogen and oxygen atoms in total. The third kappa shape index (κ3) is 2.56. The van der Waals surface area contributed by atoms with Crippen molar-refractivity contribution in [3.63, 3.8) is 0 Å². The number of aryl methyl sites for hydroxylation is 1. The van der Waals surface area contributed by atoms with Crippen LogP contribution in [-0.4, -0.2) is 34.2 Å². The normalized spacial score (nSPS) is 17.6. The zero-order chi connectivity index (χ0) is 16.7. The minimum absolute atomic E-state index is 0.0857. The molecule has 2 amide bonds. The molecule has 122 valence electrons. The molecule has 2 aromatic heterocycles. The van der Waals surface area contributed by atoms with E-state index in [4.69, 9.17) is 0 Å². The van der Waals surface area contributed by atoms with Crippen LogP contribution in [0.5, 0.6) is 0 Å². The number of amides is 2. The molecule has 1 aliphatic rings. The molecule has 0 spiro atoms. The summed E-state index contributed by atoms with van der Waals surface area (Å²) in [5.74, 6) is -0.278. The first-order valence-corrected chi connectivity index (χ1v) is 8.53. The standard InChI is InChI=1S/C17H16N4O2S/c1-20-10-12(9-18-20)21-7-6-13(17(21)23)19-16(22)15-8-11-4-2-3-5-14(11)24-15/h2-5,8-10,13H,6-7H2,1H3,(H,19,22)/t13-/m1/s1. The first-order chi connectivity index (χ1) is 11.6. The second-order valence-corrected chi connectivity index (χ2v) is 6.91. The lowest BCUT2D eigenvalue weighted by molar-refractivity contribution is -0.118. The molecule has 4 rings (SSSR count). The fraction of sp³-hybridized carbons (Fsp3) is 0.235. The number of anilines is 1. The van der Waals surface area contributed by atoms with Crippen LogP contribution in [0.1, 0.15) is 16.1 Å². The smallest absolute Gasteiger partial charge is 0.262 e. The van der Waals surface area contributed by atoms with E-state index in [0.717, 1.165) is 15.8 Å². The van der Waals surface area contributed by atoms with Crippen molar-refractivity contribution in [3.8, 4) is 0 Å². The topological polar surface area (TPSA) is 67.2 Å². The van der Waals surface area contributed by atoms with Gasteiger partial charge in [0, 0.05) is 24.5 Å². The maximum Gasteiger partial charge on any atom is 0.262 e. The number of fused-ring (bicyclic) bond motifs is 1. The molecular weight excluding hydrogens is 324 g/mol. The number of hydrogen-bond acceptors (Lipinski definition) is 4. The number of rotatable bonds is 3. The van der Waals surface area contributed by atoms with Gasteiger partial charge < -0.3 is 10.2 Å². The summed E-state index contributed by atoms with van der Waals surface area (Å²) >= 11 is 1.44. The zero-order valence-electron chi connectivity index (χ0n) is 13.1. The zero-order valence-corrected chi connectivity index (χ0v) is 13.9. The van der Waals surface area contributed by atoms with Gasteiger partial charge in [-0.25, -0.2) is 0 Å². The lowest BCUT2D eigenvalue weighted by atomic mass is 10.2. The third-order valence-corrected chi connectivity index (χ3v) is 5.28. The van der Waals surface area contributed by atoms with Crippen molar-refractivity contribution in [1.82, 2.24) is 15.1 Å². The Hall–Kier alpha value is -2.67. The van der Waals surface area contributed by atoms with Gasteiger partial charge in [-0.3, -0.25) is 14.3 Å². The van der Waals surface area contributed by atoms with Gasteiger partial charge in [0.25, 0.3) is 5.91 Å². The van der Waals surface area contributed by atoms with Crippen LogP contribution >= 0.6 is 11.3 Å². The fourth-order valence-electron chi connectivity index (χ4n) is 2.94. The van der Waals surface area contributed by atoms with Crippen molar-refractivity contribution in [2.45, 2.75) is 12.5 Å². The average molecular weight is 340 g/mol. The largest absolute Gasteiger partial charge is 0.339 e. The third-order valence-electron chi connectivity index (χ3n) is 4.16. The van der Waals surface area contributed by atoms with E-state index in [-0.39, 0.29) is 11.8 Å². The summed E-state index contributed by atoms with van der Waals surface area (Å²) in [7, 11) is 1.81. The molecule has 1 atom stereocenters. The van der Waals surface area contributed by atoms with Crippen LogP contribution in [-0.2, 0) is 11.8 Å². The SMILES string of the molecule is Cn1cc(N2CC[C@@H](NC(=O)c3cc4ccccc4s3)C2=O)cn1. The molecule has 1 saturated heterocycles. The van der Waals surface area contributed by atoms with Crippen LogP contribution in [0, 0.1) is 0 Å².